The first-order valence-corrected chi connectivity index (χ1v) is 8.72. The van der Waals surface area contributed by atoms with Gasteiger partial charge >= 0.3 is 0 Å². The second kappa shape index (κ2) is 7.54. The normalized spacial score (nSPS) is 26.4. The van der Waals surface area contributed by atoms with E-state index in [2.05, 4.69) is 14.9 Å². The number of morpholine rings is 1. The average molecular weight is 291 g/mol. The van der Waals surface area contributed by atoms with Crippen LogP contribution in [0, 0.1) is 0 Å². The summed E-state index contributed by atoms with van der Waals surface area (Å²) in [6, 6.07) is 0. The van der Waals surface area contributed by atoms with Crippen LogP contribution in [0.3, 0.4) is 0 Å². The average Bonchev–Trinajstić information content (AvgIpc) is 2.46. The molecule has 0 spiro atoms. The first kappa shape index (κ1) is 15.2. The molecule has 0 bridgehead atoms. The molecule has 1 unspecified atom stereocenters. The molecule has 0 aromatic rings. The van der Waals surface area contributed by atoms with E-state index in [4.69, 9.17) is 4.74 Å². The molecular formula is C12H25N3O3S. The van der Waals surface area contributed by atoms with E-state index in [1.54, 1.807) is 0 Å². The maximum absolute atomic E-state index is 12.1. The first-order chi connectivity index (χ1) is 9.18. The fraction of sp³-hybridized carbons (Fsp3) is 1.00. The van der Waals surface area contributed by atoms with E-state index in [9.17, 15) is 8.42 Å². The number of sulfonamides is 1. The van der Waals surface area contributed by atoms with Crippen molar-refractivity contribution >= 4 is 10.0 Å². The van der Waals surface area contributed by atoms with Gasteiger partial charge in [0.1, 0.15) is 0 Å². The van der Waals surface area contributed by atoms with Crippen molar-refractivity contribution in [3.8, 4) is 0 Å². The van der Waals surface area contributed by atoms with Gasteiger partial charge in [-0.1, -0.05) is 0 Å². The van der Waals surface area contributed by atoms with E-state index in [0.717, 1.165) is 58.7 Å². The van der Waals surface area contributed by atoms with Crippen LogP contribution in [0.1, 0.15) is 19.3 Å². The Hall–Kier alpha value is -0.210. The van der Waals surface area contributed by atoms with Crippen LogP contribution < -0.4 is 10.0 Å². The quantitative estimate of drug-likeness (QED) is 0.638. The van der Waals surface area contributed by atoms with Crippen molar-refractivity contribution in [2.75, 3.05) is 52.5 Å². The van der Waals surface area contributed by atoms with Crippen LogP contribution in [0.4, 0.5) is 0 Å². The Labute approximate surface area is 115 Å². The molecule has 2 rings (SSSR count). The highest BCUT2D eigenvalue weighted by Gasteiger charge is 2.26. The topological polar surface area (TPSA) is 70.7 Å². The molecule has 0 saturated carbocycles. The van der Waals surface area contributed by atoms with Gasteiger partial charge in [0, 0.05) is 26.2 Å². The molecule has 0 aromatic heterocycles. The van der Waals surface area contributed by atoms with Gasteiger partial charge in [-0.3, -0.25) is 4.90 Å². The minimum Gasteiger partial charge on any atom is -0.379 e. The predicted molar refractivity (Wildman–Crippen MR) is 74.7 cm³/mol. The SMILES string of the molecule is O=S(=O)(NCCCN1CCOCC1)C1CCCNC1. The first-order valence-electron chi connectivity index (χ1n) is 7.18. The molecule has 6 nitrogen and oxygen atoms in total. The molecule has 2 aliphatic rings. The second-order valence-corrected chi connectivity index (χ2v) is 7.26. The number of piperidine rings is 1. The molecule has 2 fully saturated rings. The molecule has 0 amide bonds. The van der Waals surface area contributed by atoms with Crippen LogP contribution in [-0.2, 0) is 14.8 Å². The third-order valence-electron chi connectivity index (χ3n) is 3.75. The molecule has 7 heteroatoms. The standard InChI is InChI=1S/C12H25N3O3S/c16-19(17,12-3-1-4-13-11-12)14-5-2-6-15-7-9-18-10-8-15/h12-14H,1-11H2. The van der Waals surface area contributed by atoms with Gasteiger partial charge in [-0.25, -0.2) is 13.1 Å². The minimum absolute atomic E-state index is 0.260. The third kappa shape index (κ3) is 5.00. The van der Waals surface area contributed by atoms with Crippen molar-refractivity contribution in [3.63, 3.8) is 0 Å². The van der Waals surface area contributed by atoms with Crippen molar-refractivity contribution in [2.45, 2.75) is 24.5 Å². The smallest absolute Gasteiger partial charge is 0.215 e. The number of hydrogen-bond donors (Lipinski definition) is 2. The molecule has 2 N–H and O–H groups in total. The molecule has 0 radical (unpaired) electrons. The maximum Gasteiger partial charge on any atom is 0.215 e. The largest absolute Gasteiger partial charge is 0.379 e. The Morgan fingerprint density at radius 1 is 1.32 bits per heavy atom. The second-order valence-electron chi connectivity index (χ2n) is 5.22. The van der Waals surface area contributed by atoms with Crippen LogP contribution in [0.25, 0.3) is 0 Å². The van der Waals surface area contributed by atoms with E-state index >= 15 is 0 Å². The maximum atomic E-state index is 12.1. The van der Waals surface area contributed by atoms with Gasteiger partial charge in [0.25, 0.3) is 0 Å². The van der Waals surface area contributed by atoms with E-state index < -0.39 is 10.0 Å². The van der Waals surface area contributed by atoms with Crippen LogP contribution in [-0.4, -0.2) is 71.0 Å². The van der Waals surface area contributed by atoms with E-state index in [-0.39, 0.29) is 5.25 Å². The summed E-state index contributed by atoms with van der Waals surface area (Å²) in [5.41, 5.74) is 0. The minimum atomic E-state index is -3.14. The van der Waals surface area contributed by atoms with Crippen molar-refractivity contribution < 1.29 is 13.2 Å². The summed E-state index contributed by atoms with van der Waals surface area (Å²) in [6.45, 7) is 6.49. The summed E-state index contributed by atoms with van der Waals surface area (Å²) in [7, 11) is -3.14. The van der Waals surface area contributed by atoms with Crippen molar-refractivity contribution in [1.82, 2.24) is 14.9 Å². The van der Waals surface area contributed by atoms with Crippen LogP contribution in [0.2, 0.25) is 0 Å². The lowest BCUT2D eigenvalue weighted by Crippen LogP contribution is -2.45. The molecule has 112 valence electrons. The molecule has 0 aromatic carbocycles. The summed E-state index contributed by atoms with van der Waals surface area (Å²) in [5.74, 6) is 0. The molecule has 1 atom stereocenters. The highest BCUT2D eigenvalue weighted by Crippen LogP contribution is 2.10. The fourth-order valence-electron chi connectivity index (χ4n) is 2.54. The van der Waals surface area contributed by atoms with Gasteiger partial charge in [-0.15, -0.1) is 0 Å². The summed E-state index contributed by atoms with van der Waals surface area (Å²) in [5, 5.41) is 2.88. The van der Waals surface area contributed by atoms with Crippen LogP contribution in [0.15, 0.2) is 0 Å². The van der Waals surface area contributed by atoms with E-state index in [1.165, 1.54) is 0 Å². The Balaban J connectivity index is 1.63. The van der Waals surface area contributed by atoms with Gasteiger partial charge in [-0.05, 0) is 32.4 Å². The Morgan fingerprint density at radius 2 is 2.11 bits per heavy atom. The highest BCUT2D eigenvalue weighted by molar-refractivity contribution is 7.90. The lowest BCUT2D eigenvalue weighted by molar-refractivity contribution is 0.0376. The van der Waals surface area contributed by atoms with Gasteiger partial charge in [0.15, 0.2) is 0 Å². The highest BCUT2D eigenvalue weighted by atomic mass is 32.2. The van der Waals surface area contributed by atoms with Crippen LogP contribution >= 0.6 is 0 Å². The number of ether oxygens (including phenoxy) is 1. The molecule has 19 heavy (non-hydrogen) atoms. The van der Waals surface area contributed by atoms with Crippen molar-refractivity contribution in [2.24, 2.45) is 0 Å². The molecular weight excluding hydrogens is 266 g/mol. The summed E-state index contributed by atoms with van der Waals surface area (Å²) >= 11 is 0. The number of nitrogens with zero attached hydrogens (tertiary/aromatic N) is 1. The Morgan fingerprint density at radius 3 is 2.79 bits per heavy atom. The molecule has 2 saturated heterocycles. The monoisotopic (exact) mass is 291 g/mol. The van der Waals surface area contributed by atoms with Gasteiger partial charge < -0.3 is 10.1 Å². The third-order valence-corrected chi connectivity index (χ3v) is 5.64. The van der Waals surface area contributed by atoms with E-state index in [1.807, 2.05) is 0 Å². The lowest BCUT2D eigenvalue weighted by Gasteiger charge is -2.27. The zero-order chi connectivity index (χ0) is 13.6. The van der Waals surface area contributed by atoms with Gasteiger partial charge in [0.05, 0.1) is 18.5 Å². The predicted octanol–water partition coefficient (Wildman–Crippen LogP) is -0.620. The summed E-state index contributed by atoms with van der Waals surface area (Å²) in [4.78, 5) is 2.32. The van der Waals surface area contributed by atoms with Crippen molar-refractivity contribution in [3.05, 3.63) is 0 Å². The van der Waals surface area contributed by atoms with E-state index in [0.29, 0.717) is 13.1 Å². The fourth-order valence-corrected chi connectivity index (χ4v) is 4.02. The van der Waals surface area contributed by atoms with Gasteiger partial charge in [0.2, 0.25) is 10.0 Å². The zero-order valence-electron chi connectivity index (χ0n) is 11.4. The van der Waals surface area contributed by atoms with Crippen molar-refractivity contribution in [1.29, 1.82) is 0 Å². The lowest BCUT2D eigenvalue weighted by atomic mass is 10.2. The van der Waals surface area contributed by atoms with Crippen LogP contribution in [0.5, 0.6) is 0 Å². The molecule has 0 aliphatic carbocycles. The number of rotatable bonds is 6. The zero-order valence-corrected chi connectivity index (χ0v) is 12.3. The summed E-state index contributed by atoms with van der Waals surface area (Å²) in [6.07, 6.45) is 2.57. The molecule has 2 heterocycles. The van der Waals surface area contributed by atoms with Gasteiger partial charge in [-0.2, -0.15) is 0 Å². The number of hydrogen-bond acceptors (Lipinski definition) is 5. The summed E-state index contributed by atoms with van der Waals surface area (Å²) < 4.78 is 32.1. The molecule has 2 aliphatic heterocycles. The Kier molecular flexibility index (Phi) is 6.03. The number of nitrogens with one attached hydrogen (secondary N) is 2. The Bertz CT molecular complexity index is 349.